The van der Waals surface area contributed by atoms with Crippen LogP contribution in [0.2, 0.25) is 0 Å². The molecule has 0 fully saturated rings. The maximum absolute atomic E-state index is 11.9. The molecule has 0 aliphatic rings. The minimum Gasteiger partial charge on any atom is -0.287 e. The Morgan fingerprint density at radius 3 is 2.13 bits per heavy atom. The molecule has 0 radical (unpaired) electrons. The first-order valence-electron chi connectivity index (χ1n) is 3.57. The third kappa shape index (κ3) is 4.99. The fraction of sp³-hybridized carbons (Fsp3) is 1.00. The van der Waals surface area contributed by atoms with E-state index >= 15 is 0 Å². The van der Waals surface area contributed by atoms with Gasteiger partial charge in [0.05, 0.1) is 0 Å². The zero-order chi connectivity index (χ0) is 12.3. The fourth-order valence-corrected chi connectivity index (χ4v) is 5.38. The molecule has 15 heavy (non-hydrogen) atoms. The summed E-state index contributed by atoms with van der Waals surface area (Å²) in [6.07, 6.45) is 0. The summed E-state index contributed by atoms with van der Waals surface area (Å²) < 4.78 is 59.0. The van der Waals surface area contributed by atoms with Crippen LogP contribution >= 0.6 is 0 Å². The van der Waals surface area contributed by atoms with Crippen molar-refractivity contribution in [3.05, 3.63) is 0 Å². The van der Waals surface area contributed by atoms with Gasteiger partial charge in [0.25, 0.3) is 11.3 Å². The van der Waals surface area contributed by atoms with Crippen molar-refractivity contribution in [3.8, 4) is 0 Å². The molecule has 92 valence electrons. The van der Waals surface area contributed by atoms with Gasteiger partial charge in [-0.2, -0.15) is 0 Å². The van der Waals surface area contributed by atoms with E-state index in [9.17, 15) is 16.8 Å². The van der Waals surface area contributed by atoms with Crippen LogP contribution < -0.4 is 4.72 Å². The average Bonchev–Trinajstić information content (AvgIpc) is 2.01. The Balaban J connectivity index is 5.38. The standard InChI is InChI=1S/C4H13N3O5S3/c1-5-15(11,12)4-14(10,7(2)3)6-13(8)9/h5H,4H2,1-3H3,(H,8,9). The van der Waals surface area contributed by atoms with Crippen molar-refractivity contribution in [1.29, 1.82) is 0 Å². The van der Waals surface area contributed by atoms with Crippen LogP contribution in [-0.4, -0.2) is 51.9 Å². The first-order valence-corrected chi connectivity index (χ1v) is 7.93. The van der Waals surface area contributed by atoms with Crippen LogP contribution in [0.4, 0.5) is 0 Å². The van der Waals surface area contributed by atoms with E-state index in [2.05, 4.69) is 3.77 Å². The predicted molar refractivity (Wildman–Crippen MR) is 57.9 cm³/mol. The summed E-state index contributed by atoms with van der Waals surface area (Å²) in [5.41, 5.74) is 0. The highest BCUT2D eigenvalue weighted by Crippen LogP contribution is 2.05. The summed E-state index contributed by atoms with van der Waals surface area (Å²) in [4.78, 5) is 0. The van der Waals surface area contributed by atoms with Gasteiger partial charge in [-0.25, -0.2) is 25.9 Å². The molecule has 11 heteroatoms. The quantitative estimate of drug-likeness (QED) is 0.599. The third-order valence-electron chi connectivity index (χ3n) is 1.37. The summed E-state index contributed by atoms with van der Waals surface area (Å²) in [7, 11) is -3.42. The molecule has 0 rings (SSSR count). The van der Waals surface area contributed by atoms with Crippen LogP contribution in [0.3, 0.4) is 0 Å². The van der Waals surface area contributed by atoms with Crippen molar-refractivity contribution in [2.24, 2.45) is 3.77 Å². The molecule has 0 aliphatic heterocycles. The topological polar surface area (TPSA) is 116 Å². The smallest absolute Gasteiger partial charge is 0.287 e. The van der Waals surface area contributed by atoms with Crippen molar-refractivity contribution in [3.63, 3.8) is 0 Å². The molecular formula is C4H13N3O5S3. The first kappa shape index (κ1) is 14.9. The number of hydrogen-bond acceptors (Lipinski definition) is 4. The maximum Gasteiger partial charge on any atom is 0.291 e. The zero-order valence-corrected chi connectivity index (χ0v) is 10.9. The highest BCUT2D eigenvalue weighted by atomic mass is 32.3. The molecule has 2 atom stereocenters. The van der Waals surface area contributed by atoms with Gasteiger partial charge in [0, 0.05) is 14.1 Å². The summed E-state index contributed by atoms with van der Waals surface area (Å²) in [5, 5.41) is -0.851. The van der Waals surface area contributed by atoms with Crippen LogP contribution in [0.1, 0.15) is 0 Å². The van der Waals surface area contributed by atoms with Gasteiger partial charge in [-0.15, -0.1) is 0 Å². The minimum atomic E-state index is -3.77. The van der Waals surface area contributed by atoms with Crippen molar-refractivity contribution >= 4 is 31.2 Å². The number of nitrogens with zero attached hydrogens (tertiary/aromatic N) is 2. The Morgan fingerprint density at radius 1 is 1.40 bits per heavy atom. The van der Waals surface area contributed by atoms with E-state index in [0.29, 0.717) is 0 Å². The number of hydrogen-bond donors (Lipinski definition) is 2. The molecule has 0 heterocycles. The SMILES string of the molecule is CNS(=O)(=O)CS(=O)(=NS(=O)O)N(C)C. The third-order valence-corrected chi connectivity index (χ3v) is 7.04. The molecule has 2 unspecified atom stereocenters. The lowest BCUT2D eigenvalue weighted by molar-refractivity contribution is 0.563. The van der Waals surface area contributed by atoms with Gasteiger partial charge in [0.1, 0.15) is 9.92 Å². The van der Waals surface area contributed by atoms with Gasteiger partial charge >= 0.3 is 0 Å². The van der Waals surface area contributed by atoms with Crippen LogP contribution in [0.25, 0.3) is 0 Å². The van der Waals surface area contributed by atoms with Crippen molar-refractivity contribution in [2.75, 3.05) is 26.2 Å². The fourth-order valence-electron chi connectivity index (χ4n) is 0.554. The van der Waals surface area contributed by atoms with Crippen LogP contribution in [0, 0.1) is 0 Å². The Bertz CT molecular complexity index is 446. The van der Waals surface area contributed by atoms with Crippen molar-refractivity contribution in [2.45, 2.75) is 0 Å². The van der Waals surface area contributed by atoms with Crippen LogP contribution in [0.5, 0.6) is 0 Å². The summed E-state index contributed by atoms with van der Waals surface area (Å²) in [6, 6.07) is 0. The summed E-state index contributed by atoms with van der Waals surface area (Å²) >= 11 is -2.68. The van der Waals surface area contributed by atoms with Crippen LogP contribution in [0.15, 0.2) is 3.77 Å². The Labute approximate surface area is 91.8 Å². The van der Waals surface area contributed by atoms with Gasteiger partial charge in [0.15, 0.2) is 5.08 Å². The molecule has 0 aliphatic carbocycles. The molecular weight excluding hydrogens is 266 g/mol. The lowest BCUT2D eigenvalue weighted by atomic mass is 11.3. The highest BCUT2D eigenvalue weighted by Gasteiger charge is 2.22. The van der Waals surface area contributed by atoms with Gasteiger partial charge in [-0.3, -0.25) is 4.55 Å². The molecule has 0 aromatic heterocycles. The molecule has 0 bridgehead atoms. The zero-order valence-electron chi connectivity index (χ0n) is 8.41. The van der Waals surface area contributed by atoms with Gasteiger partial charge in [0.2, 0.25) is 10.0 Å². The van der Waals surface area contributed by atoms with E-state index in [4.69, 9.17) is 4.55 Å². The lowest BCUT2D eigenvalue weighted by Crippen LogP contribution is -2.34. The number of sulfonamides is 1. The molecule has 0 amide bonds. The Hall–Kier alpha value is -0.0700. The Kier molecular flexibility index (Phi) is 5.29. The van der Waals surface area contributed by atoms with Gasteiger partial charge in [-0.05, 0) is 7.05 Å². The molecule has 0 aromatic carbocycles. The monoisotopic (exact) mass is 279 g/mol. The average molecular weight is 279 g/mol. The largest absolute Gasteiger partial charge is 0.291 e. The maximum atomic E-state index is 11.9. The van der Waals surface area contributed by atoms with E-state index in [-0.39, 0.29) is 0 Å². The normalized spacial score (nSPS) is 18.5. The van der Waals surface area contributed by atoms with E-state index in [1.807, 2.05) is 4.72 Å². The molecule has 0 aromatic rings. The molecule has 0 spiro atoms. The van der Waals surface area contributed by atoms with Crippen molar-refractivity contribution in [1.82, 2.24) is 9.03 Å². The van der Waals surface area contributed by atoms with Crippen molar-refractivity contribution < 1.29 is 21.4 Å². The van der Waals surface area contributed by atoms with E-state index in [1.165, 1.54) is 14.1 Å². The summed E-state index contributed by atoms with van der Waals surface area (Å²) in [5.74, 6) is 0. The van der Waals surface area contributed by atoms with Gasteiger partial charge < -0.3 is 0 Å². The Morgan fingerprint density at radius 2 is 1.87 bits per heavy atom. The highest BCUT2D eigenvalue weighted by molar-refractivity contribution is 8.09. The summed E-state index contributed by atoms with van der Waals surface area (Å²) in [6.45, 7) is 0. The number of nitrogens with one attached hydrogen (secondary N) is 1. The van der Waals surface area contributed by atoms with E-state index in [1.54, 1.807) is 0 Å². The lowest BCUT2D eigenvalue weighted by Gasteiger charge is -2.15. The molecule has 8 nitrogen and oxygen atoms in total. The van der Waals surface area contributed by atoms with E-state index in [0.717, 1.165) is 11.4 Å². The second-order valence-electron chi connectivity index (χ2n) is 2.66. The minimum absolute atomic E-state index is 0.851. The first-order chi connectivity index (χ1) is 6.63. The molecule has 0 saturated heterocycles. The van der Waals surface area contributed by atoms with Gasteiger partial charge in [-0.1, -0.05) is 3.77 Å². The molecule has 0 saturated carbocycles. The van der Waals surface area contributed by atoms with E-state index < -0.39 is 36.3 Å². The second-order valence-corrected chi connectivity index (χ2v) is 8.24. The predicted octanol–water partition coefficient (Wildman–Crippen LogP) is -1.43. The second kappa shape index (κ2) is 5.32. The molecule has 2 N–H and O–H groups in total. The number of rotatable bonds is 5. The van der Waals surface area contributed by atoms with Crippen LogP contribution in [-0.2, 0) is 31.2 Å².